The van der Waals surface area contributed by atoms with Crippen molar-refractivity contribution in [1.29, 1.82) is 0 Å². The summed E-state index contributed by atoms with van der Waals surface area (Å²) in [5.41, 5.74) is 0. The van der Waals surface area contributed by atoms with Crippen LogP contribution < -0.4 is 5.32 Å². The molecule has 0 unspecified atom stereocenters. The van der Waals surface area contributed by atoms with E-state index in [1.807, 2.05) is 0 Å². The van der Waals surface area contributed by atoms with E-state index in [9.17, 15) is 9.90 Å². The number of amides is 1. The van der Waals surface area contributed by atoms with E-state index in [-0.39, 0.29) is 18.3 Å². The van der Waals surface area contributed by atoms with E-state index in [2.05, 4.69) is 5.32 Å². The van der Waals surface area contributed by atoms with Gasteiger partial charge in [-0.3, -0.25) is 0 Å². The summed E-state index contributed by atoms with van der Waals surface area (Å²) in [5, 5.41) is 12.5. The second kappa shape index (κ2) is 5.50. The third-order valence-corrected chi connectivity index (χ3v) is 3.29. The zero-order valence-corrected chi connectivity index (χ0v) is 9.52. The Labute approximate surface area is 95.8 Å². The summed E-state index contributed by atoms with van der Waals surface area (Å²) in [6, 6.07) is 0. The van der Waals surface area contributed by atoms with Gasteiger partial charge in [-0.05, 0) is 25.7 Å². The van der Waals surface area contributed by atoms with Crippen LogP contribution in [0.25, 0.3) is 0 Å². The molecule has 1 heterocycles. The first-order valence-electron chi connectivity index (χ1n) is 6.10. The lowest BCUT2D eigenvalue weighted by Crippen LogP contribution is -2.47. The number of nitrogens with one attached hydrogen (secondary N) is 1. The molecular weight excluding hydrogens is 208 g/mol. The molecule has 5 heteroatoms. The topological polar surface area (TPSA) is 61.8 Å². The van der Waals surface area contributed by atoms with Gasteiger partial charge < -0.3 is 20.1 Å². The van der Waals surface area contributed by atoms with Crippen molar-refractivity contribution in [2.75, 3.05) is 26.2 Å². The zero-order chi connectivity index (χ0) is 11.4. The first kappa shape index (κ1) is 11.7. The number of aliphatic hydroxyl groups excluding tert-OH is 1. The monoisotopic (exact) mass is 228 g/mol. The van der Waals surface area contributed by atoms with Crippen LogP contribution >= 0.6 is 0 Å². The van der Waals surface area contributed by atoms with Crippen molar-refractivity contribution in [3.63, 3.8) is 0 Å². The Morgan fingerprint density at radius 2 is 1.81 bits per heavy atom. The second-order valence-electron chi connectivity index (χ2n) is 4.55. The lowest BCUT2D eigenvalue weighted by atomic mass is 9.95. The molecule has 1 aliphatic carbocycles. The molecule has 0 bridgehead atoms. The number of nitrogens with zero attached hydrogens (tertiary/aromatic N) is 1. The van der Waals surface area contributed by atoms with E-state index in [1.165, 1.54) is 0 Å². The Morgan fingerprint density at radius 3 is 2.44 bits per heavy atom. The van der Waals surface area contributed by atoms with Gasteiger partial charge in [0.05, 0.1) is 6.10 Å². The number of carbonyl (C=O) groups excluding carboxylic acids is 1. The van der Waals surface area contributed by atoms with E-state index in [0.717, 1.165) is 51.9 Å². The highest BCUT2D eigenvalue weighted by Crippen LogP contribution is 2.21. The van der Waals surface area contributed by atoms with Crippen molar-refractivity contribution in [3.05, 3.63) is 0 Å². The van der Waals surface area contributed by atoms with Crippen LogP contribution in [-0.4, -0.2) is 54.5 Å². The summed E-state index contributed by atoms with van der Waals surface area (Å²) in [7, 11) is 0. The number of aliphatic hydroxyl groups is 1. The van der Waals surface area contributed by atoms with Gasteiger partial charge in [-0.15, -0.1) is 0 Å². The van der Waals surface area contributed by atoms with Gasteiger partial charge in [-0.2, -0.15) is 0 Å². The molecule has 92 valence electrons. The van der Waals surface area contributed by atoms with Gasteiger partial charge in [0, 0.05) is 26.2 Å². The molecule has 2 rings (SSSR count). The number of hydrogen-bond donors (Lipinski definition) is 2. The molecule has 2 fully saturated rings. The third-order valence-electron chi connectivity index (χ3n) is 3.29. The fourth-order valence-corrected chi connectivity index (χ4v) is 2.23. The van der Waals surface area contributed by atoms with Crippen LogP contribution in [0.3, 0.4) is 0 Å². The predicted molar refractivity (Wildman–Crippen MR) is 59.2 cm³/mol. The molecule has 1 saturated heterocycles. The van der Waals surface area contributed by atoms with Gasteiger partial charge in [0.1, 0.15) is 6.10 Å². The highest BCUT2D eigenvalue weighted by atomic mass is 16.6. The van der Waals surface area contributed by atoms with Crippen LogP contribution in [0.15, 0.2) is 0 Å². The van der Waals surface area contributed by atoms with E-state index in [0.29, 0.717) is 0 Å². The number of ether oxygens (including phenoxy) is 1. The minimum Gasteiger partial charge on any atom is -0.446 e. The number of carbonyl (C=O) groups is 1. The molecule has 2 aliphatic rings. The molecule has 1 saturated carbocycles. The summed E-state index contributed by atoms with van der Waals surface area (Å²) in [4.78, 5) is 13.5. The van der Waals surface area contributed by atoms with Gasteiger partial charge in [0.2, 0.25) is 0 Å². The van der Waals surface area contributed by atoms with Gasteiger partial charge in [-0.25, -0.2) is 4.79 Å². The first-order valence-corrected chi connectivity index (χ1v) is 6.10. The van der Waals surface area contributed by atoms with Gasteiger partial charge >= 0.3 is 6.09 Å². The van der Waals surface area contributed by atoms with Crippen molar-refractivity contribution in [1.82, 2.24) is 10.2 Å². The predicted octanol–water partition coefficient (Wildman–Crippen LogP) is 0.332. The van der Waals surface area contributed by atoms with Crippen molar-refractivity contribution in [2.45, 2.75) is 37.9 Å². The van der Waals surface area contributed by atoms with E-state index < -0.39 is 0 Å². The Morgan fingerprint density at radius 1 is 1.19 bits per heavy atom. The second-order valence-corrected chi connectivity index (χ2v) is 4.55. The Bertz CT molecular complexity index is 233. The highest BCUT2D eigenvalue weighted by molar-refractivity contribution is 5.68. The Hall–Kier alpha value is -0.810. The van der Waals surface area contributed by atoms with Gasteiger partial charge in [0.25, 0.3) is 0 Å². The van der Waals surface area contributed by atoms with Crippen molar-refractivity contribution < 1.29 is 14.6 Å². The Balaban J connectivity index is 1.73. The number of hydrogen-bond acceptors (Lipinski definition) is 4. The number of rotatable bonds is 1. The minimum absolute atomic E-state index is 0.00536. The summed E-state index contributed by atoms with van der Waals surface area (Å²) in [6.45, 7) is 3.15. The molecular formula is C11H20N2O3. The lowest BCUT2D eigenvalue weighted by molar-refractivity contribution is 0.0158. The average molecular weight is 228 g/mol. The van der Waals surface area contributed by atoms with Crippen LogP contribution in [0.4, 0.5) is 4.79 Å². The molecule has 0 spiro atoms. The van der Waals surface area contributed by atoms with E-state index >= 15 is 0 Å². The summed E-state index contributed by atoms with van der Waals surface area (Å²) >= 11 is 0. The lowest BCUT2D eigenvalue weighted by Gasteiger charge is -2.30. The first-order chi connectivity index (χ1) is 7.75. The van der Waals surface area contributed by atoms with Crippen molar-refractivity contribution in [2.24, 2.45) is 0 Å². The molecule has 0 atom stereocenters. The van der Waals surface area contributed by atoms with Crippen LogP contribution in [0, 0.1) is 0 Å². The summed E-state index contributed by atoms with van der Waals surface area (Å²) in [6.07, 6.45) is 2.69. The molecule has 0 radical (unpaired) electrons. The Kier molecular flexibility index (Phi) is 4.01. The van der Waals surface area contributed by atoms with Crippen molar-refractivity contribution >= 4 is 6.09 Å². The maximum absolute atomic E-state index is 11.8. The fourth-order valence-electron chi connectivity index (χ4n) is 2.23. The van der Waals surface area contributed by atoms with Crippen molar-refractivity contribution in [3.8, 4) is 0 Å². The molecule has 0 aromatic heterocycles. The molecule has 1 aliphatic heterocycles. The molecule has 0 aromatic rings. The average Bonchev–Trinajstić information content (AvgIpc) is 2.33. The smallest absolute Gasteiger partial charge is 0.410 e. The fraction of sp³-hybridized carbons (Fsp3) is 0.909. The number of piperazine rings is 1. The quantitative estimate of drug-likeness (QED) is 0.679. The van der Waals surface area contributed by atoms with Crippen LogP contribution in [-0.2, 0) is 4.74 Å². The maximum atomic E-state index is 11.8. The SMILES string of the molecule is O=C(OC1CCC(O)CC1)N1CCNCC1. The molecule has 5 nitrogen and oxygen atoms in total. The van der Waals surface area contributed by atoms with E-state index in [4.69, 9.17) is 4.74 Å². The summed E-state index contributed by atoms with van der Waals surface area (Å²) < 4.78 is 5.43. The zero-order valence-electron chi connectivity index (χ0n) is 9.52. The van der Waals surface area contributed by atoms with E-state index in [1.54, 1.807) is 4.90 Å². The molecule has 0 aromatic carbocycles. The normalized spacial score (nSPS) is 31.2. The minimum atomic E-state index is -0.200. The van der Waals surface area contributed by atoms with Crippen LogP contribution in [0.5, 0.6) is 0 Å². The van der Waals surface area contributed by atoms with Crippen LogP contribution in [0.2, 0.25) is 0 Å². The standard InChI is InChI=1S/C11H20N2O3/c14-9-1-3-10(4-2-9)16-11(15)13-7-5-12-6-8-13/h9-10,12,14H,1-8H2. The highest BCUT2D eigenvalue weighted by Gasteiger charge is 2.25. The summed E-state index contributed by atoms with van der Waals surface area (Å²) in [5.74, 6) is 0. The molecule has 2 N–H and O–H groups in total. The van der Waals surface area contributed by atoms with Gasteiger partial charge in [-0.1, -0.05) is 0 Å². The molecule has 1 amide bonds. The maximum Gasteiger partial charge on any atom is 0.410 e. The molecule has 16 heavy (non-hydrogen) atoms. The third kappa shape index (κ3) is 3.09. The van der Waals surface area contributed by atoms with Gasteiger partial charge in [0.15, 0.2) is 0 Å². The van der Waals surface area contributed by atoms with Crippen LogP contribution in [0.1, 0.15) is 25.7 Å². The largest absolute Gasteiger partial charge is 0.446 e.